The van der Waals surface area contributed by atoms with Crippen molar-refractivity contribution in [1.82, 2.24) is 0 Å². The second-order valence-corrected chi connectivity index (χ2v) is 10.5. The van der Waals surface area contributed by atoms with E-state index in [0.29, 0.717) is 0 Å². The summed E-state index contributed by atoms with van der Waals surface area (Å²) in [4.78, 5) is 25.3. The normalized spacial score (nSPS) is 13.1. The highest BCUT2D eigenvalue weighted by molar-refractivity contribution is 7.86. The van der Waals surface area contributed by atoms with E-state index in [1.165, 1.54) is 19.1 Å². The van der Waals surface area contributed by atoms with Crippen molar-refractivity contribution >= 4 is 22.1 Å². The molecule has 0 heterocycles. The summed E-state index contributed by atoms with van der Waals surface area (Å²) in [5, 5.41) is 0. The minimum Gasteiger partial charge on any atom is -0.459 e. The molecule has 8 heteroatoms. The Balaban J connectivity index is 3.16. The maximum Gasteiger partial charge on any atom is 0.326 e. The largest absolute Gasteiger partial charge is 0.459 e. The topological polar surface area (TPSA) is 96.0 Å². The van der Waals surface area contributed by atoms with E-state index in [1.807, 2.05) is 6.92 Å². The molecule has 1 aromatic carbocycles. The first-order chi connectivity index (χ1) is 12.5. The van der Waals surface area contributed by atoms with Crippen molar-refractivity contribution in [3.05, 3.63) is 29.8 Å². The average Bonchev–Trinajstić information content (AvgIpc) is 2.49. The third-order valence-corrected chi connectivity index (χ3v) is 4.79. The average molecular weight is 415 g/mol. The van der Waals surface area contributed by atoms with E-state index in [2.05, 4.69) is 0 Å². The van der Waals surface area contributed by atoms with Gasteiger partial charge in [0.2, 0.25) is 0 Å². The van der Waals surface area contributed by atoms with Crippen LogP contribution < -0.4 is 0 Å². The molecule has 28 heavy (non-hydrogen) atoms. The van der Waals surface area contributed by atoms with E-state index in [-0.39, 0.29) is 4.90 Å². The van der Waals surface area contributed by atoms with Crippen LogP contribution in [0.1, 0.15) is 54.0 Å². The Labute approximate surface area is 167 Å². The van der Waals surface area contributed by atoms with Crippen LogP contribution in [-0.4, -0.2) is 38.2 Å². The molecular formula is C20H30O7S. The summed E-state index contributed by atoms with van der Waals surface area (Å²) < 4.78 is 40.6. The molecule has 0 saturated carbocycles. The molecule has 0 atom stereocenters. The second kappa shape index (κ2) is 8.21. The van der Waals surface area contributed by atoms with E-state index in [0.717, 1.165) is 5.56 Å². The van der Waals surface area contributed by atoms with Crippen LogP contribution in [0.15, 0.2) is 29.2 Å². The third-order valence-electron chi connectivity index (χ3n) is 3.51. The first-order valence-electron chi connectivity index (χ1n) is 8.89. The molecule has 0 bridgehead atoms. The third kappa shape index (κ3) is 6.91. The lowest BCUT2D eigenvalue weighted by atomic mass is 9.91. The molecule has 0 fully saturated rings. The number of esters is 2. The number of hydrogen-bond donors (Lipinski definition) is 0. The van der Waals surface area contributed by atoms with Gasteiger partial charge in [0, 0.05) is 0 Å². The van der Waals surface area contributed by atoms with Gasteiger partial charge < -0.3 is 9.47 Å². The van der Waals surface area contributed by atoms with Crippen LogP contribution in [-0.2, 0) is 33.4 Å². The fourth-order valence-corrected chi connectivity index (χ4v) is 2.95. The summed E-state index contributed by atoms with van der Waals surface area (Å²) in [5.41, 5.74) is -2.84. The van der Waals surface area contributed by atoms with Crippen LogP contribution in [0, 0.1) is 12.3 Å². The van der Waals surface area contributed by atoms with Gasteiger partial charge in [-0.2, -0.15) is 8.42 Å². The molecule has 0 saturated heterocycles. The summed E-state index contributed by atoms with van der Waals surface area (Å²) in [6.07, 6.45) is 0. The highest BCUT2D eigenvalue weighted by Crippen LogP contribution is 2.28. The van der Waals surface area contributed by atoms with Crippen molar-refractivity contribution in [2.24, 2.45) is 5.41 Å². The van der Waals surface area contributed by atoms with Crippen molar-refractivity contribution < 1.29 is 31.7 Å². The minimum absolute atomic E-state index is 0.0752. The quantitative estimate of drug-likeness (QED) is 0.400. The van der Waals surface area contributed by atoms with Gasteiger partial charge in [0.25, 0.3) is 10.1 Å². The summed E-state index contributed by atoms with van der Waals surface area (Å²) in [7, 11) is -4.18. The molecule has 0 N–H and O–H groups in total. The molecule has 0 unspecified atom stereocenters. The summed E-state index contributed by atoms with van der Waals surface area (Å²) in [5.74, 6) is -1.85. The highest BCUT2D eigenvalue weighted by Gasteiger charge is 2.48. The Morgan fingerprint density at radius 2 is 1.21 bits per heavy atom. The van der Waals surface area contributed by atoms with Crippen LogP contribution >= 0.6 is 0 Å². The molecule has 0 aliphatic heterocycles. The number of rotatable bonds is 6. The van der Waals surface area contributed by atoms with Crippen LogP contribution in [0.5, 0.6) is 0 Å². The Kier molecular flexibility index (Phi) is 7.07. The van der Waals surface area contributed by atoms with Crippen molar-refractivity contribution in [1.29, 1.82) is 0 Å². The van der Waals surface area contributed by atoms with E-state index < -0.39 is 45.3 Å². The van der Waals surface area contributed by atoms with Gasteiger partial charge in [-0.25, -0.2) is 0 Å². The van der Waals surface area contributed by atoms with E-state index in [9.17, 15) is 18.0 Å². The number of carbonyl (C=O) groups is 2. The first kappa shape index (κ1) is 24.1. The molecule has 0 aromatic heterocycles. The van der Waals surface area contributed by atoms with Gasteiger partial charge in [-0.15, -0.1) is 0 Å². The minimum atomic E-state index is -4.18. The molecular weight excluding hydrogens is 384 g/mol. The number of carbonyl (C=O) groups excluding carboxylic acids is 2. The molecule has 0 amide bonds. The summed E-state index contributed by atoms with van der Waals surface area (Å²) in [6, 6.07) is 6.03. The first-order valence-corrected chi connectivity index (χ1v) is 10.3. The van der Waals surface area contributed by atoms with Crippen LogP contribution in [0.25, 0.3) is 0 Å². The number of aryl methyl sites for hydroxylation is 1. The Morgan fingerprint density at radius 3 is 1.57 bits per heavy atom. The van der Waals surface area contributed by atoms with Crippen molar-refractivity contribution in [2.45, 2.75) is 71.5 Å². The maximum atomic E-state index is 12.7. The predicted molar refractivity (Wildman–Crippen MR) is 104 cm³/mol. The number of ether oxygens (including phenoxy) is 2. The van der Waals surface area contributed by atoms with Crippen LogP contribution in [0.4, 0.5) is 0 Å². The Morgan fingerprint density at radius 1 is 0.821 bits per heavy atom. The van der Waals surface area contributed by atoms with Gasteiger partial charge in [0.05, 0.1) is 11.5 Å². The van der Waals surface area contributed by atoms with Gasteiger partial charge in [0.15, 0.2) is 5.41 Å². The lowest BCUT2D eigenvalue weighted by Gasteiger charge is -2.31. The van der Waals surface area contributed by atoms with Gasteiger partial charge in [-0.05, 0) is 67.5 Å². The standard InChI is InChI=1S/C20H30O7S/c1-14-9-11-15(12-10-14)28(23,24)25-13-20(8,16(21)26-18(2,3)4)17(22)27-19(5,6)7/h9-12H,13H2,1-8H3. The number of benzene rings is 1. The molecule has 7 nitrogen and oxygen atoms in total. The predicted octanol–water partition coefficient (Wildman–Crippen LogP) is 3.39. The van der Waals surface area contributed by atoms with E-state index in [1.54, 1.807) is 53.7 Å². The molecule has 0 aliphatic rings. The van der Waals surface area contributed by atoms with Crippen LogP contribution in [0.2, 0.25) is 0 Å². The zero-order chi connectivity index (χ0) is 22.0. The van der Waals surface area contributed by atoms with Gasteiger partial charge in [0.1, 0.15) is 11.2 Å². The zero-order valence-corrected chi connectivity index (χ0v) is 18.6. The smallest absolute Gasteiger partial charge is 0.326 e. The molecule has 0 radical (unpaired) electrons. The lowest BCUT2D eigenvalue weighted by Crippen LogP contribution is -2.48. The summed E-state index contributed by atoms with van der Waals surface area (Å²) >= 11 is 0. The SMILES string of the molecule is Cc1ccc(S(=O)(=O)OCC(C)(C(=O)OC(C)(C)C)C(=O)OC(C)(C)C)cc1. The van der Waals surface area contributed by atoms with Crippen molar-refractivity contribution in [2.75, 3.05) is 6.61 Å². The monoisotopic (exact) mass is 414 g/mol. The lowest BCUT2D eigenvalue weighted by molar-refractivity contribution is -0.185. The van der Waals surface area contributed by atoms with Crippen LogP contribution in [0.3, 0.4) is 0 Å². The fourth-order valence-electron chi connectivity index (χ4n) is 1.95. The van der Waals surface area contributed by atoms with Gasteiger partial charge >= 0.3 is 11.9 Å². The van der Waals surface area contributed by atoms with Crippen molar-refractivity contribution in [3.63, 3.8) is 0 Å². The van der Waals surface area contributed by atoms with Gasteiger partial charge in [-0.1, -0.05) is 17.7 Å². The van der Waals surface area contributed by atoms with E-state index in [4.69, 9.17) is 13.7 Å². The Bertz CT molecular complexity index is 782. The summed E-state index contributed by atoms with van der Waals surface area (Å²) in [6.45, 7) is 12.2. The van der Waals surface area contributed by atoms with Crippen molar-refractivity contribution in [3.8, 4) is 0 Å². The second-order valence-electron chi connectivity index (χ2n) is 8.87. The molecule has 158 valence electrons. The van der Waals surface area contributed by atoms with E-state index >= 15 is 0 Å². The highest BCUT2D eigenvalue weighted by atomic mass is 32.2. The molecule has 0 aliphatic carbocycles. The zero-order valence-electron chi connectivity index (χ0n) is 17.8. The number of hydrogen-bond acceptors (Lipinski definition) is 7. The molecule has 0 spiro atoms. The maximum absolute atomic E-state index is 12.7. The fraction of sp³-hybridized carbons (Fsp3) is 0.600. The molecule has 1 rings (SSSR count). The Hall–Kier alpha value is -1.93. The molecule has 1 aromatic rings. The van der Waals surface area contributed by atoms with Gasteiger partial charge in [-0.3, -0.25) is 13.8 Å².